The first-order valence-electron chi connectivity index (χ1n) is 8.57. The highest BCUT2D eigenvalue weighted by Crippen LogP contribution is 2.18. The van der Waals surface area contributed by atoms with Crippen LogP contribution in [-0.2, 0) is 11.3 Å². The monoisotopic (exact) mass is 340 g/mol. The third-order valence-electron chi connectivity index (χ3n) is 4.36. The lowest BCUT2D eigenvalue weighted by Crippen LogP contribution is -2.47. The van der Waals surface area contributed by atoms with Gasteiger partial charge in [-0.3, -0.25) is 9.69 Å². The molecule has 1 atom stereocenters. The average molecular weight is 340 g/mol. The van der Waals surface area contributed by atoms with Crippen molar-refractivity contribution in [3.8, 4) is 5.75 Å². The molecule has 0 saturated carbocycles. The minimum atomic E-state index is -0.277. The van der Waals surface area contributed by atoms with E-state index >= 15 is 0 Å². The molecule has 1 fully saturated rings. The van der Waals surface area contributed by atoms with E-state index in [0.29, 0.717) is 18.7 Å². The molecular formula is C20H24N2O3. The molecule has 1 heterocycles. The van der Waals surface area contributed by atoms with Gasteiger partial charge in [0, 0.05) is 26.2 Å². The van der Waals surface area contributed by atoms with E-state index in [1.807, 2.05) is 31.2 Å². The number of aromatic hydroxyl groups is 1. The van der Waals surface area contributed by atoms with Gasteiger partial charge in [-0.25, -0.2) is 0 Å². The number of rotatable bonds is 5. The standard InChI is InChI=1S/C20H24N2O3/c1-15-7-8-18(19(23)11-15)20(24)21-12-17-14-22(9-10-25-17)13-16-5-3-2-4-6-16/h2-8,11,17,23H,9-10,12-14H2,1H3,(H,21,24). The summed E-state index contributed by atoms with van der Waals surface area (Å²) in [6, 6.07) is 15.4. The Morgan fingerprint density at radius 1 is 1.28 bits per heavy atom. The van der Waals surface area contributed by atoms with Crippen molar-refractivity contribution in [1.29, 1.82) is 0 Å². The van der Waals surface area contributed by atoms with E-state index in [9.17, 15) is 9.90 Å². The van der Waals surface area contributed by atoms with Crippen LogP contribution in [0.3, 0.4) is 0 Å². The predicted octanol–water partition coefficient (Wildman–Crippen LogP) is 2.33. The number of nitrogens with zero attached hydrogens (tertiary/aromatic N) is 1. The molecular weight excluding hydrogens is 316 g/mol. The lowest BCUT2D eigenvalue weighted by atomic mass is 10.1. The fourth-order valence-electron chi connectivity index (χ4n) is 3.02. The van der Waals surface area contributed by atoms with Gasteiger partial charge in [-0.15, -0.1) is 0 Å². The fourth-order valence-corrected chi connectivity index (χ4v) is 3.02. The molecule has 2 aromatic rings. The highest BCUT2D eigenvalue weighted by Gasteiger charge is 2.21. The Bertz CT molecular complexity index is 718. The average Bonchev–Trinajstić information content (AvgIpc) is 2.61. The molecule has 5 nitrogen and oxygen atoms in total. The Morgan fingerprint density at radius 3 is 2.84 bits per heavy atom. The molecule has 0 bridgehead atoms. The van der Waals surface area contributed by atoms with Crippen molar-refractivity contribution in [3.63, 3.8) is 0 Å². The van der Waals surface area contributed by atoms with Crippen molar-refractivity contribution in [3.05, 3.63) is 65.2 Å². The number of amides is 1. The van der Waals surface area contributed by atoms with Crippen LogP contribution < -0.4 is 5.32 Å². The third kappa shape index (κ3) is 4.81. The quantitative estimate of drug-likeness (QED) is 0.877. The number of hydrogen-bond acceptors (Lipinski definition) is 4. The molecule has 1 saturated heterocycles. The van der Waals surface area contributed by atoms with Crippen molar-refractivity contribution in [2.75, 3.05) is 26.2 Å². The molecule has 132 valence electrons. The normalized spacial score (nSPS) is 18.0. The molecule has 1 aliphatic heterocycles. The summed E-state index contributed by atoms with van der Waals surface area (Å²) in [6.45, 7) is 5.50. The number of phenols is 1. The van der Waals surface area contributed by atoms with Crippen LogP contribution in [0.5, 0.6) is 5.75 Å². The fraction of sp³-hybridized carbons (Fsp3) is 0.350. The molecule has 0 aromatic heterocycles. The van der Waals surface area contributed by atoms with Crippen molar-refractivity contribution >= 4 is 5.91 Å². The molecule has 3 rings (SSSR count). The zero-order valence-electron chi connectivity index (χ0n) is 14.4. The maximum absolute atomic E-state index is 12.3. The number of hydrogen-bond donors (Lipinski definition) is 2. The summed E-state index contributed by atoms with van der Waals surface area (Å²) in [5, 5.41) is 12.8. The molecule has 1 amide bonds. The van der Waals surface area contributed by atoms with Crippen LogP contribution in [0.1, 0.15) is 21.5 Å². The van der Waals surface area contributed by atoms with Crippen LogP contribution in [0.4, 0.5) is 0 Å². The summed E-state index contributed by atoms with van der Waals surface area (Å²) in [5.41, 5.74) is 2.49. The number of carbonyl (C=O) groups excluding carboxylic acids is 1. The van der Waals surface area contributed by atoms with Gasteiger partial charge in [0.25, 0.3) is 5.91 Å². The predicted molar refractivity (Wildman–Crippen MR) is 96.6 cm³/mol. The van der Waals surface area contributed by atoms with Gasteiger partial charge in [-0.1, -0.05) is 36.4 Å². The van der Waals surface area contributed by atoms with Crippen molar-refractivity contribution in [1.82, 2.24) is 10.2 Å². The zero-order valence-corrected chi connectivity index (χ0v) is 14.4. The largest absolute Gasteiger partial charge is 0.507 e. The lowest BCUT2D eigenvalue weighted by molar-refractivity contribution is -0.0292. The molecule has 5 heteroatoms. The number of benzene rings is 2. The van der Waals surface area contributed by atoms with Crippen molar-refractivity contribution in [2.24, 2.45) is 0 Å². The first-order valence-corrected chi connectivity index (χ1v) is 8.57. The van der Waals surface area contributed by atoms with E-state index in [1.165, 1.54) is 5.56 Å². The maximum atomic E-state index is 12.3. The summed E-state index contributed by atoms with van der Waals surface area (Å²) in [6.07, 6.45) is -0.0472. The van der Waals surface area contributed by atoms with Gasteiger partial charge in [-0.2, -0.15) is 0 Å². The second kappa shape index (κ2) is 8.14. The smallest absolute Gasteiger partial charge is 0.255 e. The Balaban J connectivity index is 1.51. The van der Waals surface area contributed by atoms with Gasteiger partial charge in [-0.05, 0) is 30.2 Å². The van der Waals surface area contributed by atoms with Gasteiger partial charge >= 0.3 is 0 Å². The number of nitrogens with one attached hydrogen (secondary N) is 1. The molecule has 0 spiro atoms. The van der Waals surface area contributed by atoms with Gasteiger partial charge in [0.2, 0.25) is 0 Å². The van der Waals surface area contributed by atoms with Crippen molar-refractivity contribution in [2.45, 2.75) is 19.6 Å². The van der Waals surface area contributed by atoms with Crippen LogP contribution in [0, 0.1) is 6.92 Å². The molecule has 1 unspecified atom stereocenters. The van der Waals surface area contributed by atoms with E-state index in [2.05, 4.69) is 22.3 Å². The molecule has 0 radical (unpaired) electrons. The van der Waals surface area contributed by atoms with E-state index in [0.717, 1.165) is 25.2 Å². The van der Waals surface area contributed by atoms with Crippen LogP contribution >= 0.6 is 0 Å². The van der Waals surface area contributed by atoms with Gasteiger partial charge in [0.1, 0.15) is 5.75 Å². The minimum Gasteiger partial charge on any atom is -0.507 e. The van der Waals surface area contributed by atoms with Crippen LogP contribution in [-0.4, -0.2) is 48.3 Å². The highest BCUT2D eigenvalue weighted by atomic mass is 16.5. The summed E-state index contributed by atoms with van der Waals surface area (Å²) < 4.78 is 5.76. The Labute approximate surface area is 148 Å². The maximum Gasteiger partial charge on any atom is 0.255 e. The first kappa shape index (κ1) is 17.5. The zero-order chi connectivity index (χ0) is 17.6. The Morgan fingerprint density at radius 2 is 2.08 bits per heavy atom. The van der Waals surface area contributed by atoms with Crippen LogP contribution in [0.2, 0.25) is 0 Å². The number of morpholine rings is 1. The Kier molecular flexibility index (Phi) is 5.68. The molecule has 1 aliphatic rings. The number of aryl methyl sites for hydroxylation is 1. The van der Waals surface area contributed by atoms with E-state index in [-0.39, 0.29) is 17.8 Å². The number of phenolic OH excluding ortho intramolecular Hbond substituents is 1. The van der Waals surface area contributed by atoms with Gasteiger partial charge in [0.15, 0.2) is 0 Å². The third-order valence-corrected chi connectivity index (χ3v) is 4.36. The summed E-state index contributed by atoms with van der Waals surface area (Å²) in [4.78, 5) is 14.6. The number of carbonyl (C=O) groups is 1. The molecule has 25 heavy (non-hydrogen) atoms. The minimum absolute atomic E-state index is 0.00719. The number of ether oxygens (including phenoxy) is 1. The second-order valence-corrected chi connectivity index (χ2v) is 6.44. The van der Waals surface area contributed by atoms with E-state index in [4.69, 9.17) is 4.74 Å². The molecule has 2 N–H and O–H groups in total. The summed E-state index contributed by atoms with van der Waals surface area (Å²) in [5.74, 6) is -0.269. The summed E-state index contributed by atoms with van der Waals surface area (Å²) in [7, 11) is 0. The Hall–Kier alpha value is -2.37. The van der Waals surface area contributed by atoms with Crippen LogP contribution in [0.25, 0.3) is 0 Å². The first-order chi connectivity index (χ1) is 12.1. The van der Waals surface area contributed by atoms with Crippen molar-refractivity contribution < 1.29 is 14.6 Å². The van der Waals surface area contributed by atoms with Crippen LogP contribution in [0.15, 0.2) is 48.5 Å². The lowest BCUT2D eigenvalue weighted by Gasteiger charge is -2.33. The topological polar surface area (TPSA) is 61.8 Å². The molecule has 0 aliphatic carbocycles. The SMILES string of the molecule is Cc1ccc(C(=O)NCC2CN(Cc3ccccc3)CCO2)c(O)c1. The van der Waals surface area contributed by atoms with Gasteiger partial charge in [0.05, 0.1) is 18.3 Å². The highest BCUT2D eigenvalue weighted by molar-refractivity contribution is 5.96. The van der Waals surface area contributed by atoms with Gasteiger partial charge < -0.3 is 15.2 Å². The summed E-state index contributed by atoms with van der Waals surface area (Å²) >= 11 is 0. The second-order valence-electron chi connectivity index (χ2n) is 6.44. The van der Waals surface area contributed by atoms with E-state index in [1.54, 1.807) is 12.1 Å². The van der Waals surface area contributed by atoms with E-state index < -0.39 is 0 Å². The molecule has 2 aromatic carbocycles.